The monoisotopic (exact) mass is 410 g/mol. The van der Waals surface area contributed by atoms with Gasteiger partial charge in [-0.2, -0.15) is 0 Å². The molecule has 1 amide bonds. The average Bonchev–Trinajstić information content (AvgIpc) is 3.25. The van der Waals surface area contributed by atoms with Gasteiger partial charge in [-0.25, -0.2) is 9.97 Å². The maximum absolute atomic E-state index is 12.2. The highest BCUT2D eigenvalue weighted by Crippen LogP contribution is 2.17. The van der Waals surface area contributed by atoms with Crippen LogP contribution in [0.3, 0.4) is 0 Å². The van der Waals surface area contributed by atoms with E-state index in [1.54, 1.807) is 18.3 Å². The van der Waals surface area contributed by atoms with E-state index in [9.17, 15) is 4.79 Å². The van der Waals surface area contributed by atoms with Crippen LogP contribution >= 0.6 is 15.9 Å². The first-order valence-electron chi connectivity index (χ1n) is 8.08. The minimum absolute atomic E-state index is 0.251. The van der Waals surface area contributed by atoms with Crippen molar-refractivity contribution in [2.24, 2.45) is 0 Å². The van der Waals surface area contributed by atoms with E-state index in [2.05, 4.69) is 43.3 Å². The number of rotatable bonds is 5. The Labute approximate surface area is 158 Å². The van der Waals surface area contributed by atoms with Gasteiger partial charge in [0.15, 0.2) is 16.1 Å². The highest BCUT2D eigenvalue weighted by atomic mass is 79.9. The Bertz CT molecular complexity index is 1060. The molecule has 7 heteroatoms. The number of aromatic nitrogens is 3. The van der Waals surface area contributed by atoms with Crippen molar-refractivity contribution < 1.29 is 9.21 Å². The molecule has 6 nitrogen and oxygen atoms in total. The first-order valence-corrected chi connectivity index (χ1v) is 8.87. The fourth-order valence-electron chi connectivity index (χ4n) is 2.76. The van der Waals surface area contributed by atoms with Crippen molar-refractivity contribution in [1.29, 1.82) is 0 Å². The van der Waals surface area contributed by atoms with Crippen molar-refractivity contribution in [2.45, 2.75) is 13.1 Å². The second kappa shape index (κ2) is 7.13. The highest BCUT2D eigenvalue weighted by Gasteiger charge is 2.15. The van der Waals surface area contributed by atoms with E-state index in [4.69, 9.17) is 4.42 Å². The highest BCUT2D eigenvalue weighted by molar-refractivity contribution is 9.10. The number of nitrogens with zero attached hydrogens (tertiary/aromatic N) is 3. The lowest BCUT2D eigenvalue weighted by atomic mass is 10.2. The maximum atomic E-state index is 12.2. The van der Waals surface area contributed by atoms with Crippen molar-refractivity contribution in [3.63, 3.8) is 0 Å². The third kappa shape index (κ3) is 3.39. The van der Waals surface area contributed by atoms with Crippen LogP contribution in [0.1, 0.15) is 21.9 Å². The lowest BCUT2D eigenvalue weighted by molar-refractivity contribution is 0.0920. The number of imidazole rings is 1. The second-order valence-electron chi connectivity index (χ2n) is 5.73. The van der Waals surface area contributed by atoms with E-state index in [0.717, 1.165) is 22.6 Å². The molecule has 3 aromatic heterocycles. The van der Waals surface area contributed by atoms with Gasteiger partial charge in [0.25, 0.3) is 5.91 Å². The summed E-state index contributed by atoms with van der Waals surface area (Å²) in [5.74, 6) is 0.698. The van der Waals surface area contributed by atoms with Gasteiger partial charge in [0.2, 0.25) is 0 Å². The molecule has 0 bridgehead atoms. The van der Waals surface area contributed by atoms with E-state index < -0.39 is 0 Å². The largest absolute Gasteiger partial charge is 0.444 e. The number of carbonyl (C=O) groups excluding carboxylic acids is 1. The summed E-state index contributed by atoms with van der Waals surface area (Å²) in [6, 6.07) is 17.2. The van der Waals surface area contributed by atoms with Crippen LogP contribution in [-0.4, -0.2) is 20.4 Å². The summed E-state index contributed by atoms with van der Waals surface area (Å²) in [5, 5.41) is 2.85. The summed E-state index contributed by atoms with van der Waals surface area (Å²) in [6.07, 6.45) is 1.74. The molecule has 0 unspecified atom stereocenters. The molecule has 0 aliphatic rings. The van der Waals surface area contributed by atoms with Crippen molar-refractivity contribution in [1.82, 2.24) is 19.9 Å². The zero-order chi connectivity index (χ0) is 17.9. The molecule has 4 rings (SSSR count). The molecule has 0 fully saturated rings. The molecule has 0 spiro atoms. The molecule has 4 aromatic rings. The standard InChI is InChI=1S/C19H15BrN4O2/c20-16-9-8-15(26-16)19(25)22-11-17-23-14-7-4-10-21-18(14)24(17)12-13-5-2-1-3-6-13/h1-10H,11-12H2,(H,22,25). The van der Waals surface area contributed by atoms with Crippen LogP contribution in [0, 0.1) is 0 Å². The molecule has 0 aliphatic heterocycles. The molecular weight excluding hydrogens is 396 g/mol. The molecule has 0 saturated heterocycles. The maximum Gasteiger partial charge on any atom is 0.287 e. The summed E-state index contributed by atoms with van der Waals surface area (Å²) < 4.78 is 7.82. The fraction of sp³-hybridized carbons (Fsp3) is 0.105. The Hall–Kier alpha value is -2.93. The number of benzene rings is 1. The summed E-state index contributed by atoms with van der Waals surface area (Å²) in [5.41, 5.74) is 2.73. The van der Waals surface area contributed by atoms with Crippen LogP contribution in [0.5, 0.6) is 0 Å². The summed E-state index contributed by atoms with van der Waals surface area (Å²) in [4.78, 5) is 21.3. The first-order chi connectivity index (χ1) is 12.7. The lowest BCUT2D eigenvalue weighted by Crippen LogP contribution is -2.24. The number of nitrogens with one attached hydrogen (secondary N) is 1. The number of halogens is 1. The Morgan fingerprint density at radius 3 is 2.73 bits per heavy atom. The average molecular weight is 411 g/mol. The van der Waals surface area contributed by atoms with Gasteiger partial charge in [-0.15, -0.1) is 0 Å². The SMILES string of the molecule is O=C(NCc1nc2cccnc2n1Cc1ccccc1)c1ccc(Br)o1. The number of pyridine rings is 1. The zero-order valence-electron chi connectivity index (χ0n) is 13.7. The number of hydrogen-bond donors (Lipinski definition) is 1. The van der Waals surface area contributed by atoms with Gasteiger partial charge < -0.3 is 14.3 Å². The third-order valence-corrected chi connectivity index (χ3v) is 4.40. The van der Waals surface area contributed by atoms with Gasteiger partial charge in [-0.1, -0.05) is 30.3 Å². The minimum atomic E-state index is -0.290. The summed E-state index contributed by atoms with van der Waals surface area (Å²) >= 11 is 3.20. The van der Waals surface area contributed by atoms with Gasteiger partial charge in [0, 0.05) is 6.20 Å². The Kier molecular flexibility index (Phi) is 4.53. The molecule has 0 aliphatic carbocycles. The van der Waals surface area contributed by atoms with Crippen LogP contribution < -0.4 is 5.32 Å². The van der Waals surface area contributed by atoms with Crippen molar-refractivity contribution in [2.75, 3.05) is 0 Å². The second-order valence-corrected chi connectivity index (χ2v) is 6.51. The van der Waals surface area contributed by atoms with E-state index in [1.807, 2.05) is 34.9 Å². The van der Waals surface area contributed by atoms with Crippen LogP contribution in [0.4, 0.5) is 0 Å². The molecule has 0 saturated carbocycles. The summed E-state index contributed by atoms with van der Waals surface area (Å²) in [7, 11) is 0. The normalized spacial score (nSPS) is 11.0. The molecule has 130 valence electrons. The van der Waals surface area contributed by atoms with Gasteiger partial charge in [-0.3, -0.25) is 4.79 Å². The van der Waals surface area contributed by atoms with Crippen molar-refractivity contribution in [3.8, 4) is 0 Å². The molecule has 0 atom stereocenters. The van der Waals surface area contributed by atoms with Gasteiger partial charge in [0.05, 0.1) is 13.1 Å². The predicted octanol–water partition coefficient (Wildman–Crippen LogP) is 3.77. The van der Waals surface area contributed by atoms with Crippen molar-refractivity contribution >= 4 is 33.0 Å². The van der Waals surface area contributed by atoms with Crippen LogP contribution in [-0.2, 0) is 13.1 Å². The Morgan fingerprint density at radius 2 is 1.96 bits per heavy atom. The van der Waals surface area contributed by atoms with Crippen LogP contribution in [0.15, 0.2) is 69.9 Å². The van der Waals surface area contributed by atoms with E-state index >= 15 is 0 Å². The Morgan fingerprint density at radius 1 is 1.12 bits per heavy atom. The third-order valence-electron chi connectivity index (χ3n) is 3.97. The van der Waals surface area contributed by atoms with Crippen LogP contribution in [0.2, 0.25) is 0 Å². The number of furan rings is 1. The molecule has 3 heterocycles. The van der Waals surface area contributed by atoms with Gasteiger partial charge >= 0.3 is 0 Å². The molecular formula is C19H15BrN4O2. The van der Waals surface area contributed by atoms with E-state index in [1.165, 1.54) is 0 Å². The predicted molar refractivity (Wildman–Crippen MR) is 101 cm³/mol. The first kappa shape index (κ1) is 16.5. The molecule has 1 N–H and O–H groups in total. The topological polar surface area (TPSA) is 73.0 Å². The molecule has 1 aromatic carbocycles. The van der Waals surface area contributed by atoms with Crippen molar-refractivity contribution in [3.05, 3.63) is 82.6 Å². The van der Waals surface area contributed by atoms with Gasteiger partial charge in [-0.05, 0) is 45.8 Å². The lowest BCUT2D eigenvalue weighted by Gasteiger charge is -2.09. The Balaban J connectivity index is 1.61. The van der Waals surface area contributed by atoms with Gasteiger partial charge in [0.1, 0.15) is 11.3 Å². The molecule has 0 radical (unpaired) electrons. The van der Waals surface area contributed by atoms with Crippen LogP contribution in [0.25, 0.3) is 11.2 Å². The number of carbonyl (C=O) groups is 1. The number of hydrogen-bond acceptors (Lipinski definition) is 4. The zero-order valence-corrected chi connectivity index (χ0v) is 15.3. The fourth-order valence-corrected chi connectivity index (χ4v) is 3.06. The quantitative estimate of drug-likeness (QED) is 0.543. The minimum Gasteiger partial charge on any atom is -0.444 e. The summed E-state index contributed by atoms with van der Waals surface area (Å²) in [6.45, 7) is 0.909. The van der Waals surface area contributed by atoms with E-state index in [-0.39, 0.29) is 18.2 Å². The smallest absolute Gasteiger partial charge is 0.287 e. The van der Waals surface area contributed by atoms with E-state index in [0.29, 0.717) is 11.2 Å². The number of fused-ring (bicyclic) bond motifs is 1. The molecule has 26 heavy (non-hydrogen) atoms. The number of amides is 1.